The molecule has 3 rings (SSSR count). The van der Waals surface area contributed by atoms with Gasteiger partial charge in [-0.15, -0.1) is 0 Å². The smallest absolute Gasteiger partial charge is 0.404 e. The molecule has 1 aliphatic rings. The highest BCUT2D eigenvalue weighted by molar-refractivity contribution is 6.04. The lowest BCUT2D eigenvalue weighted by atomic mass is 9.93. The molecule has 4 N–H and O–H groups in total. The van der Waals surface area contributed by atoms with E-state index in [2.05, 4.69) is 18.3 Å². The lowest BCUT2D eigenvalue weighted by Gasteiger charge is -2.14. The zero-order valence-corrected chi connectivity index (χ0v) is 24.9. The first-order valence-electron chi connectivity index (χ1n) is 15.6. The average molecular weight is 584 g/mol. The number of Topliss-reactive ketones (excluding diaryl/α,β-unsaturated/α-hetero) is 1. The molecule has 2 amide bonds. The number of nitrogens with one attached hydrogen (secondary N) is 1. The third kappa shape index (κ3) is 9.93. The normalized spacial score (nSPS) is 14.5. The second kappa shape index (κ2) is 17.6. The molecule has 1 aliphatic carbocycles. The maximum absolute atomic E-state index is 13.4. The Morgan fingerprint density at radius 3 is 2.71 bits per heavy atom. The molecule has 0 heterocycles. The molecule has 0 aliphatic heterocycles. The van der Waals surface area contributed by atoms with Crippen LogP contribution < -0.4 is 11.0 Å². The minimum Gasteiger partial charge on any atom is -0.449 e. The molecular formula is C33H46N2O7. The maximum atomic E-state index is 13.4. The van der Waals surface area contributed by atoms with E-state index in [0.29, 0.717) is 70.5 Å². The van der Waals surface area contributed by atoms with Gasteiger partial charge in [0.2, 0.25) is 5.91 Å². The summed E-state index contributed by atoms with van der Waals surface area (Å²) in [6.07, 6.45) is 4.44. The van der Waals surface area contributed by atoms with Crippen LogP contribution in [0.2, 0.25) is 1.41 Å². The number of hydrogen-bond acceptors (Lipinski definition) is 7. The van der Waals surface area contributed by atoms with Gasteiger partial charge in [0.25, 0.3) is 0 Å². The molecular weight excluding hydrogens is 536 g/mol. The standard InChI is InChI=1S/C33H46N2O7/c1-3-4-18-40-20-16-35-31(38)12-5-8-24-13-14-26-28(21-24)29(22-42-33(34)39)25-9-6-10-27(32(25)26)30(37)11-7-19-41-23(2)15-17-36/h6,9-10,13-14,21,23,29,36H,3-5,7-8,11-12,15-20,22H2,1-2H3,(H2,34,39)(H,35,38)/i/hD. The first kappa shape index (κ1) is 31.7. The molecule has 2 atom stereocenters. The topological polar surface area (TPSA) is 137 Å². The highest BCUT2D eigenvalue weighted by Crippen LogP contribution is 2.47. The Hall–Kier alpha value is -3.27. The van der Waals surface area contributed by atoms with E-state index >= 15 is 0 Å². The first-order valence-corrected chi connectivity index (χ1v) is 15.1. The van der Waals surface area contributed by atoms with Gasteiger partial charge in [-0.05, 0) is 66.8 Å². The van der Waals surface area contributed by atoms with Crippen LogP contribution in [0.5, 0.6) is 0 Å². The van der Waals surface area contributed by atoms with Crippen LogP contribution in [-0.2, 0) is 25.4 Å². The van der Waals surface area contributed by atoms with Gasteiger partial charge in [-0.1, -0.05) is 49.7 Å². The molecule has 0 saturated heterocycles. The number of nitrogens with two attached hydrogens (primary N) is 1. The number of amides is 2. The number of hydrogen-bond donors (Lipinski definition) is 3. The minimum absolute atomic E-state index is 0.00301. The van der Waals surface area contributed by atoms with Crippen LogP contribution in [0.4, 0.5) is 4.79 Å². The number of ketones is 1. The van der Waals surface area contributed by atoms with Gasteiger partial charge in [-0.2, -0.15) is 0 Å². The van der Waals surface area contributed by atoms with Crippen molar-refractivity contribution in [1.29, 1.82) is 0 Å². The molecule has 230 valence electrons. The Bertz CT molecular complexity index is 1210. The maximum Gasteiger partial charge on any atom is 0.404 e. The summed E-state index contributed by atoms with van der Waals surface area (Å²) in [5, 5.41) is 11.9. The molecule has 42 heavy (non-hydrogen) atoms. The molecule has 2 unspecified atom stereocenters. The summed E-state index contributed by atoms with van der Waals surface area (Å²) >= 11 is 0. The van der Waals surface area contributed by atoms with E-state index in [1.54, 1.807) is 5.73 Å². The molecule has 0 radical (unpaired) electrons. The van der Waals surface area contributed by atoms with Crippen LogP contribution in [0.3, 0.4) is 0 Å². The van der Waals surface area contributed by atoms with Crippen LogP contribution in [0, 0.1) is 0 Å². The molecule has 0 bridgehead atoms. The van der Waals surface area contributed by atoms with Crippen molar-refractivity contribution in [2.24, 2.45) is 5.73 Å². The van der Waals surface area contributed by atoms with E-state index in [1.165, 1.54) is 0 Å². The second-order valence-electron chi connectivity index (χ2n) is 10.7. The lowest BCUT2D eigenvalue weighted by Crippen LogP contribution is -2.27. The zero-order valence-electron chi connectivity index (χ0n) is 25.9. The van der Waals surface area contributed by atoms with Crippen LogP contribution in [0.15, 0.2) is 36.4 Å². The quantitative estimate of drug-likeness (QED) is 0.149. The van der Waals surface area contributed by atoms with Crippen molar-refractivity contribution in [3.63, 3.8) is 0 Å². The number of ether oxygens (including phenoxy) is 3. The van der Waals surface area contributed by atoms with Gasteiger partial charge >= 0.3 is 6.09 Å². The number of benzene rings is 2. The van der Waals surface area contributed by atoms with E-state index in [9.17, 15) is 14.4 Å². The molecule has 0 fully saturated rings. The Balaban J connectivity index is 1.68. The van der Waals surface area contributed by atoms with Crippen LogP contribution >= 0.6 is 0 Å². The number of primary amides is 1. The van der Waals surface area contributed by atoms with E-state index < -0.39 is 6.09 Å². The minimum atomic E-state index is -0.837. The van der Waals surface area contributed by atoms with Crippen LogP contribution in [0.25, 0.3) is 11.1 Å². The van der Waals surface area contributed by atoms with Gasteiger partial charge in [0.05, 0.1) is 12.7 Å². The van der Waals surface area contributed by atoms with E-state index in [0.717, 1.165) is 40.7 Å². The number of aryl methyl sites for hydroxylation is 1. The fraction of sp³-hybridized carbons (Fsp3) is 0.545. The second-order valence-corrected chi connectivity index (χ2v) is 10.7. The highest BCUT2D eigenvalue weighted by atomic mass is 16.5. The number of aliphatic hydroxyl groups is 1. The third-order valence-electron chi connectivity index (χ3n) is 7.48. The van der Waals surface area contributed by atoms with Crippen molar-refractivity contribution in [3.05, 3.63) is 58.7 Å². The Morgan fingerprint density at radius 2 is 1.93 bits per heavy atom. The Labute approximate surface area is 250 Å². The summed E-state index contributed by atoms with van der Waals surface area (Å²) in [5.41, 5.74) is 7.07. The zero-order chi connectivity index (χ0) is 31.0. The summed E-state index contributed by atoms with van der Waals surface area (Å²) in [5.74, 6) is -0.275. The average Bonchev–Trinajstić information content (AvgIpc) is 3.32. The molecule has 9 heteroatoms. The largest absolute Gasteiger partial charge is 0.449 e. The van der Waals surface area contributed by atoms with Gasteiger partial charge < -0.3 is 30.4 Å². The highest BCUT2D eigenvalue weighted by Gasteiger charge is 2.33. The summed E-state index contributed by atoms with van der Waals surface area (Å²) in [6.45, 7) is 6.28. The molecule has 9 nitrogen and oxygen atoms in total. The third-order valence-corrected chi connectivity index (χ3v) is 7.48. The van der Waals surface area contributed by atoms with E-state index in [1.807, 2.05) is 37.3 Å². The van der Waals surface area contributed by atoms with Crippen molar-refractivity contribution in [3.8, 4) is 11.1 Å². The predicted molar refractivity (Wildman–Crippen MR) is 162 cm³/mol. The molecule has 0 saturated carbocycles. The van der Waals surface area contributed by atoms with Crippen LogP contribution in [-0.4, -0.2) is 68.6 Å². The van der Waals surface area contributed by atoms with Gasteiger partial charge in [-0.3, -0.25) is 9.59 Å². The molecule has 2 aromatic carbocycles. The Morgan fingerprint density at radius 1 is 1.07 bits per heavy atom. The fourth-order valence-corrected chi connectivity index (χ4v) is 5.25. The van der Waals surface area contributed by atoms with Crippen molar-refractivity contribution < 1.29 is 35.1 Å². The summed E-state index contributed by atoms with van der Waals surface area (Å²) in [4.78, 5) is 37.4. The molecule has 0 spiro atoms. The number of unbranched alkanes of at least 4 members (excludes halogenated alkanes) is 1. The van der Waals surface area contributed by atoms with Crippen molar-refractivity contribution in [1.82, 2.24) is 5.32 Å². The van der Waals surface area contributed by atoms with Crippen LogP contribution in [0.1, 0.15) is 91.8 Å². The van der Waals surface area contributed by atoms with Gasteiger partial charge in [-0.25, -0.2) is 4.79 Å². The molecule has 2 aromatic rings. The SMILES string of the molecule is [2H]NC(=O)OCC1c2cc(CCCC(=O)NCCOCCCC)ccc2-c2c(C(=O)CCCOC(C)CCO)cccc21. The van der Waals surface area contributed by atoms with Crippen molar-refractivity contribution in [2.45, 2.75) is 77.2 Å². The molecule has 0 aromatic heterocycles. The van der Waals surface area contributed by atoms with Gasteiger partial charge in [0.1, 0.15) is 6.61 Å². The predicted octanol–water partition coefficient (Wildman–Crippen LogP) is 4.90. The summed E-state index contributed by atoms with van der Waals surface area (Å²) in [7, 11) is 0. The number of fused-ring (bicyclic) bond motifs is 3. The number of carbonyl (C=O) groups is 3. The Kier molecular flexibility index (Phi) is 13.3. The van der Waals surface area contributed by atoms with Crippen molar-refractivity contribution in [2.75, 3.05) is 39.6 Å². The number of rotatable bonds is 20. The number of carbonyl (C=O) groups excluding carboxylic acids is 3. The lowest BCUT2D eigenvalue weighted by molar-refractivity contribution is -0.121. The van der Waals surface area contributed by atoms with E-state index in [-0.39, 0.29) is 36.9 Å². The first-order chi connectivity index (χ1) is 20.9. The fourth-order valence-electron chi connectivity index (χ4n) is 5.25. The van der Waals surface area contributed by atoms with E-state index in [4.69, 9.17) is 20.7 Å². The van der Waals surface area contributed by atoms with Gasteiger partial charge in [0.15, 0.2) is 7.20 Å². The van der Waals surface area contributed by atoms with Crippen molar-refractivity contribution >= 4 is 17.8 Å². The monoisotopic (exact) mass is 583 g/mol. The summed E-state index contributed by atoms with van der Waals surface area (Å²) in [6, 6.07) is 11.8. The summed E-state index contributed by atoms with van der Waals surface area (Å²) < 4.78 is 23.6. The number of aliphatic hydroxyl groups excluding tert-OH is 1. The van der Waals surface area contributed by atoms with Gasteiger partial charge in [0, 0.05) is 50.7 Å².